The van der Waals surface area contributed by atoms with Crippen LogP contribution in [0.15, 0.2) is 23.1 Å². The molecule has 1 aliphatic rings. The normalized spacial score (nSPS) is 18.1. The van der Waals surface area contributed by atoms with Crippen LogP contribution in [0.4, 0.5) is 0 Å². The molecule has 1 saturated heterocycles. The summed E-state index contributed by atoms with van der Waals surface area (Å²) in [6, 6.07) is 4.66. The number of ether oxygens (including phenoxy) is 1. The van der Waals surface area contributed by atoms with Crippen molar-refractivity contribution in [3.8, 4) is 5.75 Å². The first-order chi connectivity index (χ1) is 9.48. The smallest absolute Gasteiger partial charge is 0.247 e. The number of methoxy groups -OCH3 is 1. The molecule has 0 unspecified atom stereocenters. The number of likely N-dealkylation sites (N-methyl/N-ethyl adjacent to an activating group) is 1. The molecule has 0 aromatic heterocycles. The minimum atomic E-state index is -3.55. The molecule has 0 atom stereocenters. The van der Waals surface area contributed by atoms with Crippen molar-refractivity contribution < 1.29 is 18.1 Å². The van der Waals surface area contributed by atoms with Crippen molar-refractivity contribution in [2.45, 2.75) is 11.8 Å². The first-order valence-electron chi connectivity index (χ1n) is 6.66. The van der Waals surface area contributed by atoms with E-state index < -0.39 is 10.0 Å². The summed E-state index contributed by atoms with van der Waals surface area (Å²) in [7, 11) is -2.09. The third-order valence-electron chi connectivity index (χ3n) is 3.67. The van der Waals surface area contributed by atoms with Crippen LogP contribution in [-0.2, 0) is 10.0 Å². The van der Waals surface area contributed by atoms with E-state index >= 15 is 0 Å². The quantitative estimate of drug-likeness (QED) is 0.866. The Labute approximate surface area is 125 Å². The number of rotatable bonds is 4. The second kappa shape index (κ2) is 6.30. The number of hydrogen-bond donors (Lipinski definition) is 1. The Hall–Kier alpha value is -0.820. The topological polar surface area (TPSA) is 51.0 Å². The van der Waals surface area contributed by atoms with Crippen molar-refractivity contribution in [3.05, 3.63) is 23.2 Å². The van der Waals surface area contributed by atoms with Gasteiger partial charge in [0.2, 0.25) is 10.0 Å². The molecule has 1 heterocycles. The van der Waals surface area contributed by atoms with Crippen molar-refractivity contribution in [2.75, 3.05) is 39.8 Å². The monoisotopic (exact) mass is 319 g/mol. The van der Waals surface area contributed by atoms with E-state index in [-0.39, 0.29) is 4.90 Å². The molecular formula is C13H20ClN2O3S+. The Morgan fingerprint density at radius 3 is 2.55 bits per heavy atom. The van der Waals surface area contributed by atoms with E-state index in [2.05, 4.69) is 6.92 Å². The van der Waals surface area contributed by atoms with Crippen LogP contribution in [0.2, 0.25) is 5.02 Å². The number of sulfonamides is 1. The molecule has 0 saturated carbocycles. The molecule has 0 amide bonds. The van der Waals surface area contributed by atoms with E-state index in [1.807, 2.05) is 0 Å². The van der Waals surface area contributed by atoms with Crippen LogP contribution >= 0.6 is 11.6 Å². The number of nitrogens with one attached hydrogen (secondary N) is 1. The Balaban J connectivity index is 2.29. The fraction of sp³-hybridized carbons (Fsp3) is 0.538. The summed E-state index contributed by atoms with van der Waals surface area (Å²) < 4.78 is 32.0. The van der Waals surface area contributed by atoms with E-state index in [1.165, 1.54) is 22.4 Å². The summed E-state index contributed by atoms with van der Waals surface area (Å²) in [4.78, 5) is 1.57. The second-order valence-corrected chi connectivity index (χ2v) is 7.15. The van der Waals surface area contributed by atoms with Crippen LogP contribution in [0.3, 0.4) is 0 Å². The molecule has 7 heteroatoms. The molecule has 1 N–H and O–H groups in total. The van der Waals surface area contributed by atoms with Gasteiger partial charge in [0.05, 0.1) is 39.8 Å². The summed E-state index contributed by atoms with van der Waals surface area (Å²) in [5.41, 5.74) is 0. The lowest BCUT2D eigenvalue weighted by molar-refractivity contribution is -0.901. The highest BCUT2D eigenvalue weighted by molar-refractivity contribution is 7.89. The van der Waals surface area contributed by atoms with Gasteiger partial charge in [0.15, 0.2) is 0 Å². The van der Waals surface area contributed by atoms with Gasteiger partial charge in [-0.15, -0.1) is 0 Å². The van der Waals surface area contributed by atoms with Gasteiger partial charge in [-0.1, -0.05) is 11.6 Å². The van der Waals surface area contributed by atoms with Gasteiger partial charge in [0.1, 0.15) is 10.6 Å². The lowest BCUT2D eigenvalue weighted by Gasteiger charge is -2.31. The molecule has 0 spiro atoms. The van der Waals surface area contributed by atoms with Gasteiger partial charge >= 0.3 is 0 Å². The van der Waals surface area contributed by atoms with Gasteiger partial charge in [0, 0.05) is 5.02 Å². The Bertz CT molecular complexity index is 569. The number of piperazine rings is 1. The largest absolute Gasteiger partial charge is 0.495 e. The Morgan fingerprint density at radius 2 is 2.00 bits per heavy atom. The number of quaternary nitrogens is 1. The third-order valence-corrected chi connectivity index (χ3v) is 5.83. The zero-order valence-corrected chi connectivity index (χ0v) is 13.3. The summed E-state index contributed by atoms with van der Waals surface area (Å²) in [6.45, 7) is 5.85. The summed E-state index contributed by atoms with van der Waals surface area (Å²) >= 11 is 5.92. The molecule has 1 aliphatic heterocycles. The van der Waals surface area contributed by atoms with E-state index in [4.69, 9.17) is 16.3 Å². The van der Waals surface area contributed by atoms with E-state index in [1.54, 1.807) is 12.1 Å². The van der Waals surface area contributed by atoms with Crippen molar-refractivity contribution in [1.82, 2.24) is 4.31 Å². The highest BCUT2D eigenvalue weighted by Gasteiger charge is 2.32. The van der Waals surface area contributed by atoms with E-state index in [9.17, 15) is 8.42 Å². The molecule has 0 bridgehead atoms. The predicted octanol–water partition coefficient (Wildman–Crippen LogP) is 0.258. The number of benzene rings is 1. The fourth-order valence-electron chi connectivity index (χ4n) is 2.39. The minimum absolute atomic E-state index is 0.146. The minimum Gasteiger partial charge on any atom is -0.495 e. The maximum absolute atomic E-state index is 12.7. The van der Waals surface area contributed by atoms with Crippen LogP contribution in [0.5, 0.6) is 5.75 Å². The third kappa shape index (κ3) is 3.09. The molecule has 1 aromatic carbocycles. The summed E-state index contributed by atoms with van der Waals surface area (Å²) in [6.07, 6.45) is 0. The van der Waals surface area contributed by atoms with Crippen molar-refractivity contribution in [1.29, 1.82) is 0 Å². The molecule has 1 aromatic rings. The standard InChI is InChI=1S/C13H19ClN2O3S/c1-3-15-6-8-16(9-7-15)20(17,18)13-10-11(14)4-5-12(13)19-2/h4-5,10H,3,6-9H2,1-2H3/p+1. The SMILES string of the molecule is CC[NH+]1CCN(S(=O)(=O)c2cc(Cl)ccc2OC)CC1. The molecule has 5 nitrogen and oxygen atoms in total. The Kier molecular flexibility index (Phi) is 4.90. The number of halogens is 1. The first-order valence-corrected chi connectivity index (χ1v) is 8.48. The van der Waals surface area contributed by atoms with E-state index in [0.717, 1.165) is 19.6 Å². The van der Waals surface area contributed by atoms with Crippen molar-refractivity contribution in [2.24, 2.45) is 0 Å². The first kappa shape index (κ1) is 15.6. The molecule has 2 rings (SSSR count). The van der Waals surface area contributed by atoms with Crippen LogP contribution in [0, 0.1) is 0 Å². The lowest BCUT2D eigenvalue weighted by Crippen LogP contribution is -3.14. The van der Waals surface area contributed by atoms with Crippen LogP contribution in [0.1, 0.15) is 6.92 Å². The maximum Gasteiger partial charge on any atom is 0.247 e. The van der Waals surface area contributed by atoms with Gasteiger partial charge < -0.3 is 9.64 Å². The van der Waals surface area contributed by atoms with E-state index in [0.29, 0.717) is 23.9 Å². The van der Waals surface area contributed by atoms with Crippen molar-refractivity contribution >= 4 is 21.6 Å². The van der Waals surface area contributed by atoms with Gasteiger partial charge in [-0.25, -0.2) is 8.42 Å². The van der Waals surface area contributed by atoms with Gasteiger partial charge in [-0.05, 0) is 25.1 Å². The average molecular weight is 320 g/mol. The molecule has 20 heavy (non-hydrogen) atoms. The Morgan fingerprint density at radius 1 is 1.35 bits per heavy atom. The molecule has 1 fully saturated rings. The summed E-state index contributed by atoms with van der Waals surface area (Å²) in [5.74, 6) is 0.333. The highest BCUT2D eigenvalue weighted by Crippen LogP contribution is 2.29. The van der Waals surface area contributed by atoms with Crippen LogP contribution < -0.4 is 9.64 Å². The average Bonchev–Trinajstić information content (AvgIpc) is 2.47. The van der Waals surface area contributed by atoms with Crippen LogP contribution in [-0.4, -0.2) is 52.6 Å². The predicted molar refractivity (Wildman–Crippen MR) is 78.0 cm³/mol. The van der Waals surface area contributed by atoms with Crippen molar-refractivity contribution in [3.63, 3.8) is 0 Å². The van der Waals surface area contributed by atoms with Crippen LogP contribution in [0.25, 0.3) is 0 Å². The lowest BCUT2D eigenvalue weighted by atomic mass is 10.3. The summed E-state index contributed by atoms with van der Waals surface area (Å²) in [5, 5.41) is 0.391. The second-order valence-electron chi connectivity index (χ2n) is 4.80. The fourth-order valence-corrected chi connectivity index (χ4v) is 4.25. The molecular weight excluding hydrogens is 300 g/mol. The zero-order valence-electron chi connectivity index (χ0n) is 11.7. The zero-order chi connectivity index (χ0) is 14.8. The highest BCUT2D eigenvalue weighted by atomic mass is 35.5. The molecule has 0 aliphatic carbocycles. The van der Waals surface area contributed by atoms with Gasteiger partial charge in [-0.3, -0.25) is 0 Å². The van der Waals surface area contributed by atoms with Gasteiger partial charge in [0.25, 0.3) is 0 Å². The molecule has 112 valence electrons. The molecule has 0 radical (unpaired) electrons. The van der Waals surface area contributed by atoms with Gasteiger partial charge in [-0.2, -0.15) is 4.31 Å². The number of hydrogen-bond acceptors (Lipinski definition) is 3. The number of nitrogens with zero attached hydrogens (tertiary/aromatic N) is 1. The maximum atomic E-state index is 12.7.